The number of aromatic nitrogens is 2. The molecule has 8 nitrogen and oxygen atoms in total. The van der Waals surface area contributed by atoms with Gasteiger partial charge in [-0.05, 0) is 36.4 Å². The number of nitrogens with zero attached hydrogens (tertiary/aromatic N) is 2. The molecule has 4 N–H and O–H groups in total. The normalized spacial score (nSPS) is 10.9. The van der Waals surface area contributed by atoms with Gasteiger partial charge in [0.25, 0.3) is 0 Å². The number of alkyl halides is 3. The van der Waals surface area contributed by atoms with Crippen LogP contribution < -0.4 is 21.3 Å². The van der Waals surface area contributed by atoms with Crippen molar-refractivity contribution in [2.24, 2.45) is 0 Å². The van der Waals surface area contributed by atoms with E-state index in [-0.39, 0.29) is 28.2 Å². The lowest BCUT2D eigenvalue weighted by atomic mass is 10.1. The molecule has 0 unspecified atom stereocenters. The minimum absolute atomic E-state index is 0.0112. The van der Waals surface area contributed by atoms with Crippen LogP contribution in [0.15, 0.2) is 61.3 Å². The van der Waals surface area contributed by atoms with Crippen LogP contribution in [-0.2, 0) is 15.8 Å². The third-order valence-electron chi connectivity index (χ3n) is 4.26. The number of carbonyl (C=O) groups is 2. The fourth-order valence-corrected chi connectivity index (χ4v) is 2.96. The van der Waals surface area contributed by atoms with Crippen molar-refractivity contribution in [2.75, 3.05) is 21.3 Å². The standard InChI is InChI=1S/C22H18ClF3N6O2/c1-3-19(34)29-17-6-4-5-7-18(17)30-20-15(23)11-27-21(32-20)31-16-9-8-13(28-12(2)33)10-14(16)22(24,25)26/h3-11H,1H2,2H3,(H,28,33)(H,29,34)(H2,27,30,31,32). The van der Waals surface area contributed by atoms with Gasteiger partial charge in [0.05, 0.1) is 28.8 Å². The Balaban J connectivity index is 1.92. The van der Waals surface area contributed by atoms with Gasteiger partial charge >= 0.3 is 6.18 Å². The van der Waals surface area contributed by atoms with Gasteiger partial charge in [-0.15, -0.1) is 0 Å². The van der Waals surface area contributed by atoms with Gasteiger partial charge in [0.1, 0.15) is 5.02 Å². The topological polar surface area (TPSA) is 108 Å². The number of hydrogen-bond donors (Lipinski definition) is 4. The summed E-state index contributed by atoms with van der Waals surface area (Å²) in [5, 5.41) is 10.5. The maximum atomic E-state index is 13.6. The minimum Gasteiger partial charge on any atom is -0.337 e. The molecule has 3 rings (SSSR count). The number of nitrogens with one attached hydrogen (secondary N) is 4. The van der Waals surface area contributed by atoms with E-state index in [0.29, 0.717) is 11.4 Å². The van der Waals surface area contributed by atoms with Crippen molar-refractivity contribution < 1.29 is 22.8 Å². The Labute approximate surface area is 197 Å². The Morgan fingerprint density at radius 3 is 2.38 bits per heavy atom. The summed E-state index contributed by atoms with van der Waals surface area (Å²) < 4.78 is 40.8. The second-order valence-corrected chi connectivity index (χ2v) is 7.23. The van der Waals surface area contributed by atoms with Crippen LogP contribution in [0.25, 0.3) is 0 Å². The smallest absolute Gasteiger partial charge is 0.337 e. The summed E-state index contributed by atoms with van der Waals surface area (Å²) in [5.41, 5.74) is -0.523. The summed E-state index contributed by atoms with van der Waals surface area (Å²) in [7, 11) is 0. The zero-order valence-corrected chi connectivity index (χ0v) is 18.4. The Morgan fingerprint density at radius 2 is 1.74 bits per heavy atom. The summed E-state index contributed by atoms with van der Waals surface area (Å²) in [5.74, 6) is -1.02. The molecule has 1 heterocycles. The number of carbonyl (C=O) groups excluding carboxylic acids is 2. The van der Waals surface area contributed by atoms with E-state index in [1.165, 1.54) is 19.2 Å². The third-order valence-corrected chi connectivity index (χ3v) is 4.54. The molecule has 0 aliphatic carbocycles. The maximum Gasteiger partial charge on any atom is 0.418 e. The van der Waals surface area contributed by atoms with Gasteiger partial charge in [-0.1, -0.05) is 30.3 Å². The maximum absolute atomic E-state index is 13.6. The lowest BCUT2D eigenvalue weighted by molar-refractivity contribution is -0.137. The van der Waals surface area contributed by atoms with Crippen molar-refractivity contribution in [1.82, 2.24) is 9.97 Å². The number of hydrogen-bond acceptors (Lipinski definition) is 6. The van der Waals surface area contributed by atoms with Crippen molar-refractivity contribution in [1.29, 1.82) is 0 Å². The van der Waals surface area contributed by atoms with Crippen molar-refractivity contribution >= 4 is 57.9 Å². The first-order valence-corrected chi connectivity index (χ1v) is 10.0. The van der Waals surface area contributed by atoms with Crippen molar-refractivity contribution in [3.63, 3.8) is 0 Å². The summed E-state index contributed by atoms with van der Waals surface area (Å²) in [6, 6.07) is 9.94. The van der Waals surface area contributed by atoms with Gasteiger partial charge < -0.3 is 21.3 Å². The van der Waals surface area contributed by atoms with E-state index in [1.807, 2.05) is 0 Å². The van der Waals surface area contributed by atoms with Crippen LogP contribution in [0.4, 0.5) is 47.7 Å². The molecule has 12 heteroatoms. The van der Waals surface area contributed by atoms with Crippen molar-refractivity contribution in [3.05, 3.63) is 71.9 Å². The molecule has 0 saturated heterocycles. The molecule has 0 saturated carbocycles. The van der Waals surface area contributed by atoms with E-state index >= 15 is 0 Å². The van der Waals surface area contributed by atoms with Crippen LogP contribution in [0, 0.1) is 0 Å². The lowest BCUT2D eigenvalue weighted by Crippen LogP contribution is -2.13. The second kappa shape index (κ2) is 10.2. The predicted octanol–water partition coefficient (Wildman–Crippen LogP) is 5.72. The molecule has 0 fully saturated rings. The number of anilines is 6. The summed E-state index contributed by atoms with van der Waals surface area (Å²) in [6.45, 7) is 4.59. The molecule has 0 bridgehead atoms. The zero-order chi connectivity index (χ0) is 24.9. The van der Waals surface area contributed by atoms with Crippen LogP contribution in [0.2, 0.25) is 5.02 Å². The first-order valence-electron chi connectivity index (χ1n) is 9.64. The predicted molar refractivity (Wildman–Crippen MR) is 125 cm³/mol. The van der Waals surface area contributed by atoms with Gasteiger partial charge in [0, 0.05) is 12.6 Å². The van der Waals surface area contributed by atoms with Crippen molar-refractivity contribution in [3.8, 4) is 0 Å². The monoisotopic (exact) mass is 490 g/mol. The summed E-state index contributed by atoms with van der Waals surface area (Å²) in [4.78, 5) is 31.0. The van der Waals surface area contributed by atoms with E-state index in [0.717, 1.165) is 18.2 Å². The summed E-state index contributed by atoms with van der Waals surface area (Å²) >= 11 is 6.17. The Bertz CT molecular complexity index is 1250. The largest absolute Gasteiger partial charge is 0.418 e. The van der Waals surface area contributed by atoms with Crippen LogP contribution in [0.3, 0.4) is 0 Å². The van der Waals surface area contributed by atoms with Gasteiger partial charge in [-0.3, -0.25) is 9.59 Å². The molecule has 2 amide bonds. The van der Waals surface area contributed by atoms with E-state index in [1.54, 1.807) is 24.3 Å². The average Bonchev–Trinajstić information content (AvgIpc) is 2.77. The number of benzene rings is 2. The van der Waals surface area contributed by atoms with Gasteiger partial charge in [0.2, 0.25) is 17.8 Å². The quantitative estimate of drug-likeness (QED) is 0.315. The number of para-hydroxylation sites is 2. The fraction of sp³-hybridized carbons (Fsp3) is 0.0909. The fourth-order valence-electron chi connectivity index (χ4n) is 2.82. The van der Waals surface area contributed by atoms with Crippen LogP contribution in [-0.4, -0.2) is 21.8 Å². The highest BCUT2D eigenvalue weighted by Gasteiger charge is 2.34. The molecule has 2 aromatic carbocycles. The highest BCUT2D eigenvalue weighted by atomic mass is 35.5. The summed E-state index contributed by atoms with van der Waals surface area (Å²) in [6.07, 6.45) is -2.40. The van der Waals surface area contributed by atoms with Crippen LogP contribution in [0.5, 0.6) is 0 Å². The number of halogens is 4. The van der Waals surface area contributed by atoms with Crippen LogP contribution in [0.1, 0.15) is 12.5 Å². The highest BCUT2D eigenvalue weighted by molar-refractivity contribution is 6.33. The number of amides is 2. The molecule has 0 spiro atoms. The number of rotatable bonds is 7. The Kier molecular flexibility index (Phi) is 7.37. The third kappa shape index (κ3) is 6.23. The second-order valence-electron chi connectivity index (χ2n) is 6.82. The highest BCUT2D eigenvalue weighted by Crippen LogP contribution is 2.38. The lowest BCUT2D eigenvalue weighted by Gasteiger charge is -2.16. The van der Waals surface area contributed by atoms with E-state index in [9.17, 15) is 22.8 Å². The first kappa shape index (κ1) is 24.5. The van der Waals surface area contributed by atoms with Crippen LogP contribution >= 0.6 is 11.6 Å². The molecule has 34 heavy (non-hydrogen) atoms. The molecule has 0 atom stereocenters. The van der Waals surface area contributed by atoms with Crippen molar-refractivity contribution in [2.45, 2.75) is 13.1 Å². The zero-order valence-electron chi connectivity index (χ0n) is 17.6. The molecule has 0 aliphatic heterocycles. The van der Waals surface area contributed by atoms with E-state index in [2.05, 4.69) is 37.8 Å². The van der Waals surface area contributed by atoms with Gasteiger partial charge in [-0.2, -0.15) is 18.2 Å². The molecule has 0 aliphatic rings. The van der Waals surface area contributed by atoms with E-state index in [4.69, 9.17) is 11.6 Å². The molecular formula is C22H18ClF3N6O2. The molecule has 176 valence electrons. The molecular weight excluding hydrogens is 473 g/mol. The molecule has 0 radical (unpaired) electrons. The SMILES string of the molecule is C=CC(=O)Nc1ccccc1Nc1nc(Nc2ccc(NC(C)=O)cc2C(F)(F)F)ncc1Cl. The van der Waals surface area contributed by atoms with E-state index < -0.39 is 23.6 Å². The van der Waals surface area contributed by atoms with Gasteiger partial charge in [0.15, 0.2) is 5.82 Å². The molecule has 3 aromatic rings. The first-order chi connectivity index (χ1) is 16.1. The Morgan fingerprint density at radius 1 is 1.03 bits per heavy atom. The average molecular weight is 491 g/mol. The minimum atomic E-state index is -4.72. The molecule has 1 aromatic heterocycles. The Hall–Kier alpha value is -4.12. The van der Waals surface area contributed by atoms with Gasteiger partial charge in [-0.25, -0.2) is 4.98 Å².